The Morgan fingerprint density at radius 1 is 1.33 bits per heavy atom. The Hall–Kier alpha value is -2.55. The summed E-state index contributed by atoms with van der Waals surface area (Å²) in [6.45, 7) is 3.52. The van der Waals surface area contributed by atoms with E-state index in [0.717, 1.165) is 5.56 Å². The van der Waals surface area contributed by atoms with Crippen molar-refractivity contribution < 1.29 is 14.7 Å². The van der Waals surface area contributed by atoms with Gasteiger partial charge in [0.25, 0.3) is 0 Å². The minimum atomic E-state index is -0.935. The van der Waals surface area contributed by atoms with Crippen LogP contribution in [0, 0.1) is 17.2 Å². The van der Waals surface area contributed by atoms with Crippen molar-refractivity contribution in [3.05, 3.63) is 35.4 Å². The maximum absolute atomic E-state index is 12.0. The van der Waals surface area contributed by atoms with Gasteiger partial charge in [-0.2, -0.15) is 5.26 Å². The Balaban J connectivity index is 2.60. The molecule has 1 aromatic rings. The zero-order chi connectivity index (χ0) is 16.0. The van der Waals surface area contributed by atoms with E-state index in [9.17, 15) is 9.59 Å². The molecule has 1 rings (SSSR count). The summed E-state index contributed by atoms with van der Waals surface area (Å²) in [4.78, 5) is 24.1. The number of nitrogens with one attached hydrogen (secondary N) is 1. The second-order valence-electron chi connectivity index (χ2n) is 5.02. The minimum Gasteiger partial charge on any atom is -0.481 e. The molecule has 0 heterocycles. The maximum Gasteiger partial charge on any atom is 0.317 e. The van der Waals surface area contributed by atoms with Crippen molar-refractivity contribution in [3.63, 3.8) is 0 Å². The first kappa shape index (κ1) is 16.5. The van der Waals surface area contributed by atoms with Gasteiger partial charge in [0.15, 0.2) is 0 Å². The topological polar surface area (TPSA) is 93.4 Å². The van der Waals surface area contributed by atoms with Crippen LogP contribution in [0.1, 0.15) is 31.0 Å². The average Bonchev–Trinajstić information content (AvgIpc) is 2.46. The highest BCUT2D eigenvalue weighted by molar-refractivity contribution is 5.76. The summed E-state index contributed by atoms with van der Waals surface area (Å²) < 4.78 is 0. The van der Waals surface area contributed by atoms with Crippen molar-refractivity contribution in [1.82, 2.24) is 10.2 Å². The zero-order valence-corrected chi connectivity index (χ0v) is 12.3. The number of carboxylic acid groups (broad SMARTS) is 1. The third-order valence-corrected chi connectivity index (χ3v) is 3.20. The first-order chi connectivity index (χ1) is 9.85. The van der Waals surface area contributed by atoms with Gasteiger partial charge < -0.3 is 15.3 Å². The average molecular weight is 289 g/mol. The van der Waals surface area contributed by atoms with E-state index in [1.807, 2.05) is 13.0 Å². The second kappa shape index (κ2) is 7.29. The Labute approximate surface area is 124 Å². The van der Waals surface area contributed by atoms with Crippen LogP contribution in [0.3, 0.4) is 0 Å². The molecule has 112 valence electrons. The second-order valence-corrected chi connectivity index (χ2v) is 5.02. The summed E-state index contributed by atoms with van der Waals surface area (Å²) >= 11 is 0. The summed E-state index contributed by atoms with van der Waals surface area (Å²) in [7, 11) is 1.56. The minimum absolute atomic E-state index is 0.140. The highest BCUT2D eigenvalue weighted by Gasteiger charge is 2.18. The SMILES string of the molecule is CC(CN(C)C(=O)NC(C)c1ccc(C#N)cc1)C(=O)O. The van der Waals surface area contributed by atoms with Gasteiger partial charge in [0.1, 0.15) is 0 Å². The van der Waals surface area contributed by atoms with E-state index in [2.05, 4.69) is 5.32 Å². The van der Waals surface area contributed by atoms with Crippen LogP contribution < -0.4 is 5.32 Å². The van der Waals surface area contributed by atoms with Gasteiger partial charge in [0.05, 0.1) is 23.6 Å². The Morgan fingerprint density at radius 3 is 2.38 bits per heavy atom. The molecule has 0 spiro atoms. The Morgan fingerprint density at radius 2 is 1.90 bits per heavy atom. The van der Waals surface area contributed by atoms with E-state index in [1.54, 1.807) is 38.2 Å². The summed E-state index contributed by atoms with van der Waals surface area (Å²) in [5.74, 6) is -1.55. The molecule has 0 bridgehead atoms. The predicted octanol–water partition coefficient (Wildman–Crippen LogP) is 1.98. The molecule has 0 fully saturated rings. The van der Waals surface area contributed by atoms with Gasteiger partial charge in [-0.15, -0.1) is 0 Å². The fourth-order valence-corrected chi connectivity index (χ4v) is 1.80. The van der Waals surface area contributed by atoms with Gasteiger partial charge in [-0.1, -0.05) is 19.1 Å². The van der Waals surface area contributed by atoms with Crippen LogP contribution in [-0.2, 0) is 4.79 Å². The molecule has 0 aliphatic carbocycles. The van der Waals surface area contributed by atoms with Gasteiger partial charge in [0, 0.05) is 13.6 Å². The summed E-state index contributed by atoms with van der Waals surface area (Å²) in [6.07, 6.45) is 0. The smallest absolute Gasteiger partial charge is 0.317 e. The fraction of sp³-hybridized carbons (Fsp3) is 0.400. The maximum atomic E-state index is 12.0. The molecule has 6 nitrogen and oxygen atoms in total. The third-order valence-electron chi connectivity index (χ3n) is 3.20. The van der Waals surface area contributed by atoms with Crippen molar-refractivity contribution >= 4 is 12.0 Å². The monoisotopic (exact) mass is 289 g/mol. The Kier molecular flexibility index (Phi) is 5.73. The molecule has 0 radical (unpaired) electrons. The van der Waals surface area contributed by atoms with Gasteiger partial charge in [-0.05, 0) is 24.6 Å². The molecule has 0 aliphatic rings. The number of carboxylic acids is 1. The van der Waals surface area contributed by atoms with Crippen molar-refractivity contribution in [1.29, 1.82) is 5.26 Å². The van der Waals surface area contributed by atoms with Crippen molar-refractivity contribution in [2.24, 2.45) is 5.92 Å². The number of urea groups is 1. The predicted molar refractivity (Wildman–Crippen MR) is 77.5 cm³/mol. The van der Waals surface area contributed by atoms with E-state index < -0.39 is 11.9 Å². The number of carbonyl (C=O) groups excluding carboxylic acids is 1. The van der Waals surface area contributed by atoms with Crippen LogP contribution in [0.25, 0.3) is 0 Å². The molecule has 1 aromatic carbocycles. The first-order valence-corrected chi connectivity index (χ1v) is 6.59. The zero-order valence-electron chi connectivity index (χ0n) is 12.3. The first-order valence-electron chi connectivity index (χ1n) is 6.59. The molecule has 0 saturated carbocycles. The lowest BCUT2D eigenvalue weighted by atomic mass is 10.1. The molecule has 6 heteroatoms. The molecule has 0 aliphatic heterocycles. The van der Waals surface area contributed by atoms with Crippen LogP contribution in [0.2, 0.25) is 0 Å². The number of carbonyl (C=O) groups is 2. The quantitative estimate of drug-likeness (QED) is 0.866. The molecule has 2 N–H and O–H groups in total. The van der Waals surface area contributed by atoms with E-state index in [4.69, 9.17) is 10.4 Å². The van der Waals surface area contributed by atoms with Gasteiger partial charge in [-0.25, -0.2) is 4.79 Å². The lowest BCUT2D eigenvalue weighted by Crippen LogP contribution is -2.41. The number of benzene rings is 1. The van der Waals surface area contributed by atoms with Crippen LogP contribution in [0.4, 0.5) is 4.79 Å². The van der Waals surface area contributed by atoms with Crippen LogP contribution in [0.15, 0.2) is 24.3 Å². The highest BCUT2D eigenvalue weighted by atomic mass is 16.4. The number of aliphatic carboxylic acids is 1. The molecule has 2 atom stereocenters. The van der Waals surface area contributed by atoms with Crippen LogP contribution in [-0.4, -0.2) is 35.6 Å². The third kappa shape index (κ3) is 4.80. The summed E-state index contributed by atoms with van der Waals surface area (Å²) in [5, 5.41) is 20.4. The molecule has 2 unspecified atom stereocenters. The Bertz CT molecular complexity index is 548. The summed E-state index contributed by atoms with van der Waals surface area (Å²) in [5.41, 5.74) is 1.44. The normalized spacial score (nSPS) is 12.9. The molecular weight excluding hydrogens is 270 g/mol. The van der Waals surface area contributed by atoms with E-state index in [0.29, 0.717) is 5.56 Å². The van der Waals surface area contributed by atoms with Gasteiger partial charge >= 0.3 is 12.0 Å². The molecule has 2 amide bonds. The molecule has 0 saturated heterocycles. The number of nitriles is 1. The van der Waals surface area contributed by atoms with E-state index >= 15 is 0 Å². The van der Waals surface area contributed by atoms with Crippen molar-refractivity contribution in [2.45, 2.75) is 19.9 Å². The number of nitrogens with zero attached hydrogens (tertiary/aromatic N) is 2. The largest absolute Gasteiger partial charge is 0.481 e. The number of amides is 2. The molecule has 0 aromatic heterocycles. The van der Waals surface area contributed by atoms with E-state index in [-0.39, 0.29) is 18.6 Å². The van der Waals surface area contributed by atoms with Crippen LogP contribution in [0.5, 0.6) is 0 Å². The van der Waals surface area contributed by atoms with Crippen molar-refractivity contribution in [2.75, 3.05) is 13.6 Å². The van der Waals surface area contributed by atoms with Crippen molar-refractivity contribution in [3.8, 4) is 6.07 Å². The lowest BCUT2D eigenvalue weighted by Gasteiger charge is -2.23. The number of hydrogen-bond donors (Lipinski definition) is 2. The highest BCUT2D eigenvalue weighted by Crippen LogP contribution is 2.13. The fourth-order valence-electron chi connectivity index (χ4n) is 1.80. The summed E-state index contributed by atoms with van der Waals surface area (Å²) in [6, 6.07) is 8.41. The molecule has 21 heavy (non-hydrogen) atoms. The van der Waals surface area contributed by atoms with E-state index in [1.165, 1.54) is 4.90 Å². The van der Waals surface area contributed by atoms with Gasteiger partial charge in [-0.3, -0.25) is 4.79 Å². The molecular formula is C15H19N3O3. The van der Waals surface area contributed by atoms with Gasteiger partial charge in [0.2, 0.25) is 0 Å². The van der Waals surface area contributed by atoms with Crippen LogP contribution >= 0.6 is 0 Å². The number of hydrogen-bond acceptors (Lipinski definition) is 3. The standard InChI is InChI=1S/C15H19N3O3/c1-10(14(19)20)9-18(3)15(21)17-11(2)13-6-4-12(8-16)5-7-13/h4-7,10-11H,9H2,1-3H3,(H,17,21)(H,19,20). The number of rotatable bonds is 5. The lowest BCUT2D eigenvalue weighted by molar-refractivity contribution is -0.141.